The molecule has 8 rings (SSSR count). The molecule has 0 spiro atoms. The lowest BCUT2D eigenvalue weighted by Crippen LogP contribution is -2.34. The molecule has 0 N–H and O–H groups in total. The maximum atomic E-state index is 6.70. The van der Waals surface area contributed by atoms with Crippen molar-refractivity contribution >= 4 is 5.57 Å². The molecular weight excluding hydrogens is 462 g/mol. The molecule has 0 fully saturated rings. The monoisotopic (exact) mass is 499 g/mol. The number of rotatable bonds is 3. The number of fused-ring (bicyclic) bond motifs is 4. The van der Waals surface area contributed by atoms with Gasteiger partial charge >= 0.3 is 0 Å². The lowest BCUT2D eigenvalue weighted by atomic mass is 9.77. The summed E-state index contributed by atoms with van der Waals surface area (Å²) in [5.41, 5.74) is 10.5. The van der Waals surface area contributed by atoms with Crippen LogP contribution >= 0.6 is 0 Å². The fraction of sp³-hybridized carbons (Fsp3) is 0.389. The largest absolute Gasteiger partial charge is 0.493 e. The zero-order valence-corrected chi connectivity index (χ0v) is 22.2. The van der Waals surface area contributed by atoms with E-state index in [9.17, 15) is 0 Å². The summed E-state index contributed by atoms with van der Waals surface area (Å²) in [6.45, 7) is 0. The fourth-order valence-corrected chi connectivity index (χ4v) is 8.17. The van der Waals surface area contributed by atoms with E-state index in [0.717, 1.165) is 44.9 Å². The molecule has 2 nitrogen and oxygen atoms in total. The minimum atomic E-state index is 0.354. The molecule has 0 saturated heterocycles. The number of hydrogen-bond donors (Lipinski definition) is 0. The second-order valence-corrected chi connectivity index (χ2v) is 12.0. The quantitative estimate of drug-likeness (QED) is 0.386. The molecule has 2 heteroatoms. The lowest BCUT2D eigenvalue weighted by molar-refractivity contribution is 0.0982. The summed E-state index contributed by atoms with van der Waals surface area (Å²) < 4.78 is 6.70. The van der Waals surface area contributed by atoms with E-state index in [0.29, 0.717) is 29.9 Å². The molecule has 192 valence electrons. The smallest absolute Gasteiger partial charge is 0.109 e. The highest BCUT2D eigenvalue weighted by molar-refractivity contribution is 5.75. The van der Waals surface area contributed by atoms with Crippen molar-refractivity contribution in [1.82, 2.24) is 4.90 Å². The van der Waals surface area contributed by atoms with Crippen LogP contribution in [0.25, 0.3) is 5.57 Å². The predicted octanol–water partition coefficient (Wildman–Crippen LogP) is 8.57. The Morgan fingerprint density at radius 3 is 2.58 bits per heavy atom. The molecule has 4 unspecified atom stereocenters. The van der Waals surface area contributed by atoms with Crippen molar-refractivity contribution in [2.45, 2.75) is 69.9 Å². The summed E-state index contributed by atoms with van der Waals surface area (Å²) in [6, 6.07) is 11.5. The Morgan fingerprint density at radius 1 is 0.789 bits per heavy atom. The van der Waals surface area contributed by atoms with Gasteiger partial charge in [0.15, 0.2) is 0 Å². The van der Waals surface area contributed by atoms with Crippen molar-refractivity contribution in [2.75, 3.05) is 0 Å². The average molecular weight is 500 g/mol. The molecule has 2 aliphatic heterocycles. The molecule has 7 aliphatic rings. The van der Waals surface area contributed by atoms with Gasteiger partial charge < -0.3 is 9.64 Å². The van der Waals surface area contributed by atoms with E-state index >= 15 is 0 Å². The van der Waals surface area contributed by atoms with Gasteiger partial charge in [-0.3, -0.25) is 0 Å². The molecular formula is C36H37NO. The third-order valence-corrected chi connectivity index (χ3v) is 9.91. The van der Waals surface area contributed by atoms with Gasteiger partial charge in [0, 0.05) is 40.8 Å². The molecule has 1 aromatic carbocycles. The Kier molecular flexibility index (Phi) is 5.49. The van der Waals surface area contributed by atoms with E-state index in [-0.39, 0.29) is 0 Å². The summed E-state index contributed by atoms with van der Waals surface area (Å²) in [4.78, 5) is 2.80. The van der Waals surface area contributed by atoms with Gasteiger partial charge in [0.1, 0.15) is 11.9 Å². The summed E-state index contributed by atoms with van der Waals surface area (Å²) in [6.07, 6.45) is 32.8. The topological polar surface area (TPSA) is 12.5 Å². The molecule has 2 heterocycles. The van der Waals surface area contributed by atoms with Crippen molar-refractivity contribution in [2.24, 2.45) is 17.8 Å². The van der Waals surface area contributed by atoms with Crippen LogP contribution in [0.2, 0.25) is 0 Å². The van der Waals surface area contributed by atoms with Crippen molar-refractivity contribution in [3.8, 4) is 0 Å². The zero-order valence-electron chi connectivity index (χ0n) is 22.2. The van der Waals surface area contributed by atoms with E-state index in [4.69, 9.17) is 4.74 Å². The van der Waals surface area contributed by atoms with Gasteiger partial charge in [-0.2, -0.15) is 0 Å². The second kappa shape index (κ2) is 9.19. The molecule has 0 amide bonds. The molecule has 0 saturated carbocycles. The van der Waals surface area contributed by atoms with E-state index in [1.807, 2.05) is 0 Å². The maximum absolute atomic E-state index is 6.70. The van der Waals surface area contributed by atoms with E-state index in [2.05, 4.69) is 89.9 Å². The summed E-state index contributed by atoms with van der Waals surface area (Å²) in [5, 5.41) is 0. The zero-order chi connectivity index (χ0) is 25.1. The molecule has 1 aromatic rings. The fourth-order valence-electron chi connectivity index (χ4n) is 8.17. The Balaban J connectivity index is 1.15. The highest BCUT2D eigenvalue weighted by Crippen LogP contribution is 2.52. The van der Waals surface area contributed by atoms with Crippen LogP contribution < -0.4 is 0 Å². The highest BCUT2D eigenvalue weighted by Gasteiger charge is 2.44. The van der Waals surface area contributed by atoms with Crippen molar-refractivity contribution < 1.29 is 4.74 Å². The number of ether oxygens (including phenoxy) is 1. The van der Waals surface area contributed by atoms with Gasteiger partial charge in [0.25, 0.3) is 0 Å². The summed E-state index contributed by atoms with van der Waals surface area (Å²) >= 11 is 0. The minimum Gasteiger partial charge on any atom is -0.493 e. The molecule has 5 aliphatic carbocycles. The third kappa shape index (κ3) is 3.60. The maximum Gasteiger partial charge on any atom is 0.109 e. The Hall–Kier alpha value is -3.26. The average Bonchev–Trinajstić information content (AvgIpc) is 3.53. The number of allylic oxidation sites excluding steroid dienone is 11. The van der Waals surface area contributed by atoms with Crippen LogP contribution in [0.3, 0.4) is 0 Å². The molecule has 0 radical (unpaired) electrons. The van der Waals surface area contributed by atoms with Crippen LogP contribution in [0, 0.1) is 17.8 Å². The first-order valence-electron chi connectivity index (χ1n) is 14.9. The number of benzene rings is 1. The first-order valence-corrected chi connectivity index (χ1v) is 14.9. The SMILES string of the molecule is C1=CC2C3=C(CCC(C4CC=CC5=C4O[C@H]4CCC=CC54)=C3)N(C3=CC(c4ccccc4)=CCC3)C2CC1. The number of hydrogen-bond acceptors (Lipinski definition) is 2. The van der Waals surface area contributed by atoms with Gasteiger partial charge in [-0.1, -0.05) is 84.5 Å². The predicted molar refractivity (Wildman–Crippen MR) is 155 cm³/mol. The van der Waals surface area contributed by atoms with Crippen molar-refractivity contribution in [1.29, 1.82) is 0 Å². The Labute approximate surface area is 227 Å². The van der Waals surface area contributed by atoms with Gasteiger partial charge in [-0.05, 0) is 80.6 Å². The normalized spacial score (nSPS) is 33.2. The number of nitrogens with zero attached hydrogens (tertiary/aromatic N) is 1. The Bertz CT molecular complexity index is 1390. The summed E-state index contributed by atoms with van der Waals surface area (Å²) in [5.74, 6) is 2.70. The van der Waals surface area contributed by atoms with Crippen LogP contribution in [-0.2, 0) is 4.74 Å². The minimum absolute atomic E-state index is 0.354. The molecule has 5 atom stereocenters. The van der Waals surface area contributed by atoms with Crippen LogP contribution in [0.15, 0.2) is 119 Å². The van der Waals surface area contributed by atoms with E-state index < -0.39 is 0 Å². The van der Waals surface area contributed by atoms with Crippen LogP contribution in [-0.4, -0.2) is 17.0 Å². The Morgan fingerprint density at radius 2 is 1.66 bits per heavy atom. The van der Waals surface area contributed by atoms with E-state index in [1.54, 1.807) is 16.8 Å². The first kappa shape index (κ1) is 22.7. The van der Waals surface area contributed by atoms with Gasteiger partial charge in [-0.25, -0.2) is 0 Å². The molecule has 38 heavy (non-hydrogen) atoms. The van der Waals surface area contributed by atoms with Gasteiger partial charge in [0.2, 0.25) is 0 Å². The standard InChI is InChI=1S/C36H37NO/c1-2-10-24(11-3-1)25-12-8-13-27(22-25)37-33-18-6-4-14-29(33)32-23-26(20-21-34(32)37)28-16-9-17-31-30-15-5-7-19-35(30)38-36(28)31/h1-5,9-12,14-15,17,22-23,28-30,33,35H,6-8,13,16,18-21H2/t28?,29?,30?,33?,35-/m0/s1. The lowest BCUT2D eigenvalue weighted by Gasteiger charge is -2.36. The van der Waals surface area contributed by atoms with Gasteiger partial charge in [-0.15, -0.1) is 0 Å². The summed E-state index contributed by atoms with van der Waals surface area (Å²) in [7, 11) is 0. The highest BCUT2D eigenvalue weighted by atomic mass is 16.5. The molecule has 0 bridgehead atoms. The van der Waals surface area contributed by atoms with Crippen LogP contribution in [0.4, 0.5) is 0 Å². The van der Waals surface area contributed by atoms with E-state index in [1.165, 1.54) is 41.0 Å². The van der Waals surface area contributed by atoms with Crippen molar-refractivity contribution in [3.63, 3.8) is 0 Å². The van der Waals surface area contributed by atoms with Crippen LogP contribution in [0.1, 0.15) is 63.4 Å². The van der Waals surface area contributed by atoms with Crippen LogP contribution in [0.5, 0.6) is 0 Å². The first-order chi connectivity index (χ1) is 18.8. The molecule has 0 aromatic heterocycles. The van der Waals surface area contributed by atoms with Gasteiger partial charge in [0.05, 0.1) is 0 Å². The second-order valence-electron chi connectivity index (χ2n) is 12.0. The van der Waals surface area contributed by atoms with Crippen molar-refractivity contribution in [3.05, 3.63) is 124 Å². The third-order valence-electron chi connectivity index (χ3n) is 9.91.